The summed E-state index contributed by atoms with van der Waals surface area (Å²) in [6, 6.07) is 1.99. The predicted molar refractivity (Wildman–Crippen MR) is 76.2 cm³/mol. The molecular weight excluding hydrogens is 385 g/mol. The normalized spacial score (nSPS) is 12.4. The highest BCUT2D eigenvalue weighted by Crippen LogP contribution is 2.32. The number of anilines is 1. The third kappa shape index (κ3) is 5.64. The number of rotatable bonds is 5. The van der Waals surface area contributed by atoms with Gasteiger partial charge in [-0.3, -0.25) is 4.72 Å². The van der Waals surface area contributed by atoms with Crippen molar-refractivity contribution in [2.75, 3.05) is 22.5 Å². The second-order valence-corrected chi connectivity index (χ2v) is 9.16. The van der Waals surface area contributed by atoms with E-state index >= 15 is 0 Å². The molecule has 0 aromatic heterocycles. The number of sulfone groups is 1. The molecule has 0 saturated heterocycles. The molecule has 0 amide bonds. The van der Waals surface area contributed by atoms with Crippen LogP contribution in [0.25, 0.3) is 0 Å². The summed E-state index contributed by atoms with van der Waals surface area (Å²) in [5.74, 6) is -1.75. The van der Waals surface area contributed by atoms with E-state index in [1.54, 1.807) is 0 Å². The Morgan fingerprint density at radius 2 is 1.84 bits per heavy atom. The summed E-state index contributed by atoms with van der Waals surface area (Å²) < 4.78 is 60.5. The van der Waals surface area contributed by atoms with Gasteiger partial charge in [-0.2, -0.15) is 0 Å². The van der Waals surface area contributed by atoms with Crippen LogP contribution in [0.4, 0.5) is 10.1 Å². The first-order valence-corrected chi connectivity index (χ1v) is 9.71. The number of halogens is 3. The summed E-state index contributed by atoms with van der Waals surface area (Å²) >= 11 is 8.69. The Morgan fingerprint density at radius 1 is 1.26 bits per heavy atom. The number of benzene rings is 1. The van der Waals surface area contributed by atoms with Crippen molar-refractivity contribution in [3.05, 3.63) is 27.4 Å². The van der Waals surface area contributed by atoms with Crippen molar-refractivity contribution in [1.29, 1.82) is 0 Å². The van der Waals surface area contributed by atoms with E-state index in [-0.39, 0.29) is 15.2 Å². The van der Waals surface area contributed by atoms with E-state index in [9.17, 15) is 21.2 Å². The summed E-state index contributed by atoms with van der Waals surface area (Å²) in [6.45, 7) is 0. The van der Waals surface area contributed by atoms with E-state index < -0.39 is 37.2 Å². The van der Waals surface area contributed by atoms with Crippen LogP contribution in [0.5, 0.6) is 0 Å². The topological polar surface area (TPSA) is 80.3 Å². The maximum Gasteiger partial charge on any atom is 0.233 e. The molecule has 0 atom stereocenters. The van der Waals surface area contributed by atoms with Gasteiger partial charge in [-0.05, 0) is 28.1 Å². The van der Waals surface area contributed by atoms with Crippen molar-refractivity contribution < 1.29 is 21.2 Å². The number of hydrogen-bond acceptors (Lipinski definition) is 4. The lowest BCUT2D eigenvalue weighted by Gasteiger charge is -2.11. The van der Waals surface area contributed by atoms with E-state index in [0.717, 1.165) is 18.4 Å². The summed E-state index contributed by atoms with van der Waals surface area (Å²) in [5, 5.41) is -0.130. The molecular formula is C9H10BrClFNO4S2. The smallest absolute Gasteiger partial charge is 0.233 e. The standard InChI is InChI=1S/C9H10BrClFNO4S2/c1-18(14,15)2-3-19(16,17)13-9-7(10)4-6(12)5-8(9)11/h4-5,13H,2-3H2,1H3. The van der Waals surface area contributed by atoms with Gasteiger partial charge < -0.3 is 0 Å². The molecule has 1 aromatic carbocycles. The lowest BCUT2D eigenvalue weighted by Crippen LogP contribution is -2.22. The predicted octanol–water partition coefficient (Wildman–Crippen LogP) is 2.03. The highest BCUT2D eigenvalue weighted by Gasteiger charge is 2.18. The number of sulfonamides is 1. The number of hydrogen-bond donors (Lipinski definition) is 1. The third-order valence-corrected chi connectivity index (χ3v) is 5.37. The van der Waals surface area contributed by atoms with Crippen molar-refractivity contribution in [2.24, 2.45) is 0 Å². The second kappa shape index (κ2) is 5.94. The van der Waals surface area contributed by atoms with Crippen LogP contribution in [0.2, 0.25) is 5.02 Å². The molecule has 1 N–H and O–H groups in total. The molecule has 0 radical (unpaired) electrons. The molecule has 5 nitrogen and oxygen atoms in total. The molecule has 0 fully saturated rings. The maximum atomic E-state index is 13.0. The quantitative estimate of drug-likeness (QED) is 0.828. The van der Waals surface area contributed by atoms with Gasteiger partial charge in [-0.1, -0.05) is 11.6 Å². The minimum absolute atomic E-state index is 0.0310. The van der Waals surface area contributed by atoms with E-state index in [4.69, 9.17) is 11.6 Å². The van der Waals surface area contributed by atoms with Crippen molar-refractivity contribution in [3.63, 3.8) is 0 Å². The fraction of sp³-hybridized carbons (Fsp3) is 0.333. The molecule has 1 aromatic rings. The minimum atomic E-state index is -3.89. The molecule has 0 heterocycles. The average Bonchev–Trinajstić information content (AvgIpc) is 2.20. The van der Waals surface area contributed by atoms with Gasteiger partial charge in [0.05, 0.1) is 22.2 Å². The van der Waals surface area contributed by atoms with Crippen LogP contribution < -0.4 is 4.72 Å². The minimum Gasteiger partial charge on any atom is -0.281 e. The van der Waals surface area contributed by atoms with Gasteiger partial charge in [0.2, 0.25) is 10.0 Å². The van der Waals surface area contributed by atoms with Gasteiger partial charge in [0.1, 0.15) is 15.7 Å². The van der Waals surface area contributed by atoms with Crippen LogP contribution in [-0.4, -0.2) is 34.6 Å². The Balaban J connectivity index is 2.96. The van der Waals surface area contributed by atoms with Crippen molar-refractivity contribution in [1.82, 2.24) is 0 Å². The van der Waals surface area contributed by atoms with Gasteiger partial charge in [-0.15, -0.1) is 0 Å². The van der Waals surface area contributed by atoms with Crippen molar-refractivity contribution >= 4 is 53.1 Å². The lowest BCUT2D eigenvalue weighted by atomic mass is 10.3. The SMILES string of the molecule is CS(=O)(=O)CCS(=O)(=O)Nc1c(Cl)cc(F)cc1Br. The Labute approximate surface area is 124 Å². The van der Waals surface area contributed by atoms with Gasteiger partial charge in [0.15, 0.2) is 0 Å². The summed E-state index contributed by atoms with van der Waals surface area (Å²) in [6.07, 6.45) is 0.934. The fourth-order valence-electron chi connectivity index (χ4n) is 1.11. The molecule has 19 heavy (non-hydrogen) atoms. The van der Waals surface area contributed by atoms with Gasteiger partial charge in [-0.25, -0.2) is 21.2 Å². The van der Waals surface area contributed by atoms with Gasteiger partial charge >= 0.3 is 0 Å². The molecule has 0 aliphatic rings. The molecule has 0 aliphatic carbocycles. The first-order chi connectivity index (χ1) is 8.50. The monoisotopic (exact) mass is 393 g/mol. The Hall–Kier alpha value is -0.380. The zero-order valence-electron chi connectivity index (χ0n) is 9.65. The lowest BCUT2D eigenvalue weighted by molar-refractivity contribution is 0.593. The highest BCUT2D eigenvalue weighted by molar-refractivity contribution is 9.10. The first-order valence-electron chi connectivity index (χ1n) is 4.83. The molecule has 0 aliphatic heterocycles. The number of nitrogens with one attached hydrogen (secondary N) is 1. The van der Waals surface area contributed by atoms with Crippen molar-refractivity contribution in [2.45, 2.75) is 0 Å². The molecule has 108 valence electrons. The van der Waals surface area contributed by atoms with Crippen LogP contribution >= 0.6 is 27.5 Å². The molecule has 0 spiro atoms. The molecule has 0 bridgehead atoms. The third-order valence-electron chi connectivity index (χ3n) is 1.99. The second-order valence-electron chi connectivity index (χ2n) is 3.80. The van der Waals surface area contributed by atoms with Gasteiger partial charge in [0, 0.05) is 10.7 Å². The average molecular weight is 395 g/mol. The molecule has 10 heteroatoms. The summed E-state index contributed by atoms with van der Waals surface area (Å²) in [4.78, 5) is 0. The molecule has 0 saturated carbocycles. The zero-order chi connectivity index (χ0) is 14.8. The summed E-state index contributed by atoms with van der Waals surface area (Å²) in [7, 11) is -7.29. The largest absolute Gasteiger partial charge is 0.281 e. The van der Waals surface area contributed by atoms with Crippen molar-refractivity contribution in [3.8, 4) is 0 Å². The van der Waals surface area contributed by atoms with Gasteiger partial charge in [0.25, 0.3) is 0 Å². The Morgan fingerprint density at radius 3 is 2.32 bits per heavy atom. The fourth-order valence-corrected chi connectivity index (χ4v) is 4.92. The summed E-state index contributed by atoms with van der Waals surface area (Å²) in [5.41, 5.74) is -0.0310. The molecule has 1 rings (SSSR count). The van der Waals surface area contributed by atoms with E-state index in [0.29, 0.717) is 0 Å². The Kier molecular flexibility index (Phi) is 5.21. The Bertz CT molecular complexity index is 667. The molecule has 0 unspecified atom stereocenters. The van der Waals surface area contributed by atoms with Crippen LogP contribution in [0.15, 0.2) is 16.6 Å². The van der Waals surface area contributed by atoms with E-state index in [1.165, 1.54) is 0 Å². The zero-order valence-corrected chi connectivity index (χ0v) is 13.6. The van der Waals surface area contributed by atoms with Crippen LogP contribution in [-0.2, 0) is 19.9 Å². The first kappa shape index (κ1) is 16.7. The van der Waals surface area contributed by atoms with Crippen LogP contribution in [0.1, 0.15) is 0 Å². The van der Waals surface area contributed by atoms with Crippen LogP contribution in [0.3, 0.4) is 0 Å². The van der Waals surface area contributed by atoms with E-state index in [1.807, 2.05) is 0 Å². The maximum absolute atomic E-state index is 13.0. The van der Waals surface area contributed by atoms with Crippen LogP contribution in [0, 0.1) is 5.82 Å². The highest BCUT2D eigenvalue weighted by atomic mass is 79.9. The van der Waals surface area contributed by atoms with E-state index in [2.05, 4.69) is 20.7 Å².